The van der Waals surface area contributed by atoms with Gasteiger partial charge in [-0.3, -0.25) is 4.57 Å². The van der Waals surface area contributed by atoms with Crippen molar-refractivity contribution >= 4 is 11.5 Å². The molecule has 0 saturated carbocycles. The molecular formula is C14H16N6. The molecular weight excluding hydrogens is 252 g/mol. The highest BCUT2D eigenvalue weighted by molar-refractivity contribution is 5.54. The molecule has 4 heterocycles. The van der Waals surface area contributed by atoms with Gasteiger partial charge in [0, 0.05) is 37.6 Å². The number of aryl methyl sites for hydroxylation is 1. The van der Waals surface area contributed by atoms with E-state index in [0.717, 1.165) is 36.2 Å². The fourth-order valence-electron chi connectivity index (χ4n) is 2.78. The fourth-order valence-corrected chi connectivity index (χ4v) is 2.78. The average molecular weight is 268 g/mol. The topological polar surface area (TPSA) is 51.2 Å². The van der Waals surface area contributed by atoms with Crippen LogP contribution in [0.25, 0.3) is 11.5 Å². The van der Waals surface area contributed by atoms with Crippen molar-refractivity contribution < 1.29 is 0 Å². The zero-order valence-electron chi connectivity index (χ0n) is 11.4. The molecule has 20 heavy (non-hydrogen) atoms. The molecule has 0 radical (unpaired) electrons. The molecule has 0 amide bonds. The molecule has 1 saturated heterocycles. The normalized spacial score (nSPS) is 15.3. The molecule has 3 aromatic heterocycles. The van der Waals surface area contributed by atoms with Crippen LogP contribution in [0.15, 0.2) is 30.7 Å². The molecule has 0 bridgehead atoms. The molecule has 1 fully saturated rings. The first-order chi connectivity index (χ1) is 9.83. The van der Waals surface area contributed by atoms with E-state index in [0.29, 0.717) is 0 Å². The molecule has 3 aromatic rings. The van der Waals surface area contributed by atoms with E-state index < -0.39 is 0 Å². The summed E-state index contributed by atoms with van der Waals surface area (Å²) in [6, 6.07) is 4.04. The first-order valence-electron chi connectivity index (χ1n) is 6.93. The van der Waals surface area contributed by atoms with Gasteiger partial charge in [0.2, 0.25) is 0 Å². The molecule has 102 valence electrons. The highest BCUT2D eigenvalue weighted by Gasteiger charge is 2.17. The molecule has 1 aliphatic heterocycles. The molecule has 4 rings (SSSR count). The SMILES string of the molecule is Cc1nccn1-c1cc(N2CCCC2)nc2ccnn12. The van der Waals surface area contributed by atoms with Gasteiger partial charge in [-0.25, -0.2) is 9.97 Å². The Hall–Kier alpha value is -2.37. The van der Waals surface area contributed by atoms with Crippen LogP contribution >= 0.6 is 0 Å². The van der Waals surface area contributed by atoms with E-state index in [1.54, 1.807) is 12.4 Å². The minimum atomic E-state index is 0.873. The molecule has 0 aliphatic carbocycles. The van der Waals surface area contributed by atoms with Crippen LogP contribution < -0.4 is 4.90 Å². The van der Waals surface area contributed by atoms with Gasteiger partial charge in [-0.05, 0) is 19.8 Å². The zero-order valence-corrected chi connectivity index (χ0v) is 11.4. The average Bonchev–Trinajstić information content (AvgIpc) is 3.18. The van der Waals surface area contributed by atoms with Crippen molar-refractivity contribution in [2.24, 2.45) is 0 Å². The maximum absolute atomic E-state index is 4.71. The predicted octanol–water partition coefficient (Wildman–Crippen LogP) is 1.82. The van der Waals surface area contributed by atoms with Gasteiger partial charge in [0.15, 0.2) is 5.65 Å². The second kappa shape index (κ2) is 4.33. The smallest absolute Gasteiger partial charge is 0.159 e. The van der Waals surface area contributed by atoms with Crippen molar-refractivity contribution in [3.63, 3.8) is 0 Å². The van der Waals surface area contributed by atoms with E-state index in [1.165, 1.54) is 12.8 Å². The summed E-state index contributed by atoms with van der Waals surface area (Å²) in [6.07, 6.45) is 8.03. The van der Waals surface area contributed by atoms with Crippen molar-refractivity contribution in [2.75, 3.05) is 18.0 Å². The lowest BCUT2D eigenvalue weighted by Crippen LogP contribution is -2.20. The van der Waals surface area contributed by atoms with Crippen LogP contribution in [-0.2, 0) is 0 Å². The van der Waals surface area contributed by atoms with Crippen molar-refractivity contribution in [3.05, 3.63) is 36.5 Å². The van der Waals surface area contributed by atoms with Gasteiger partial charge in [0.1, 0.15) is 17.5 Å². The monoisotopic (exact) mass is 268 g/mol. The van der Waals surface area contributed by atoms with E-state index in [4.69, 9.17) is 4.98 Å². The van der Waals surface area contributed by atoms with Crippen LogP contribution in [0.2, 0.25) is 0 Å². The Balaban J connectivity index is 1.93. The van der Waals surface area contributed by atoms with Crippen LogP contribution in [-0.4, -0.2) is 37.2 Å². The summed E-state index contributed by atoms with van der Waals surface area (Å²) in [5.74, 6) is 2.95. The third kappa shape index (κ3) is 1.68. The second-order valence-electron chi connectivity index (χ2n) is 5.11. The standard InChI is InChI=1S/C14H16N6/c1-11-15-6-9-19(11)14-10-13(18-7-2-3-8-18)17-12-4-5-16-20(12)14/h4-6,9-10H,2-3,7-8H2,1H3. The molecule has 0 atom stereocenters. The van der Waals surface area contributed by atoms with Gasteiger partial charge in [-0.15, -0.1) is 0 Å². The van der Waals surface area contributed by atoms with Crippen LogP contribution in [0.3, 0.4) is 0 Å². The molecule has 6 heteroatoms. The maximum Gasteiger partial charge on any atom is 0.159 e. The minimum absolute atomic E-state index is 0.873. The van der Waals surface area contributed by atoms with Crippen LogP contribution in [0.1, 0.15) is 18.7 Å². The van der Waals surface area contributed by atoms with Gasteiger partial charge < -0.3 is 4.90 Å². The summed E-state index contributed by atoms with van der Waals surface area (Å²) in [7, 11) is 0. The van der Waals surface area contributed by atoms with E-state index >= 15 is 0 Å². The number of anilines is 1. The Morgan fingerprint density at radius 2 is 2.00 bits per heavy atom. The van der Waals surface area contributed by atoms with Gasteiger partial charge in [-0.2, -0.15) is 9.61 Å². The molecule has 1 aliphatic rings. The quantitative estimate of drug-likeness (QED) is 0.711. The Bertz CT molecular complexity index is 750. The first kappa shape index (κ1) is 11.5. The third-order valence-corrected chi connectivity index (χ3v) is 3.83. The number of nitrogens with zero attached hydrogens (tertiary/aromatic N) is 6. The molecule has 6 nitrogen and oxygen atoms in total. The molecule has 0 aromatic carbocycles. The van der Waals surface area contributed by atoms with Crippen molar-refractivity contribution in [1.29, 1.82) is 0 Å². The zero-order chi connectivity index (χ0) is 13.5. The summed E-state index contributed by atoms with van der Waals surface area (Å²) in [4.78, 5) is 11.3. The number of hydrogen-bond acceptors (Lipinski definition) is 4. The Kier molecular flexibility index (Phi) is 2.48. The predicted molar refractivity (Wildman–Crippen MR) is 76.3 cm³/mol. The Morgan fingerprint density at radius 3 is 2.75 bits per heavy atom. The van der Waals surface area contributed by atoms with Crippen LogP contribution in [0, 0.1) is 6.92 Å². The third-order valence-electron chi connectivity index (χ3n) is 3.83. The van der Waals surface area contributed by atoms with Crippen LogP contribution in [0.5, 0.6) is 0 Å². The Labute approximate surface area is 116 Å². The second-order valence-corrected chi connectivity index (χ2v) is 5.11. The number of imidazole rings is 1. The highest BCUT2D eigenvalue weighted by atomic mass is 15.3. The first-order valence-corrected chi connectivity index (χ1v) is 6.93. The molecule has 0 unspecified atom stereocenters. The van der Waals surface area contributed by atoms with Gasteiger partial charge in [0.05, 0.1) is 6.20 Å². The maximum atomic E-state index is 4.71. The number of fused-ring (bicyclic) bond motifs is 1. The summed E-state index contributed by atoms with van der Waals surface area (Å²) in [6.45, 7) is 4.16. The molecule has 0 N–H and O–H groups in total. The lowest BCUT2D eigenvalue weighted by atomic mass is 10.4. The van der Waals surface area contributed by atoms with Crippen LogP contribution in [0.4, 0.5) is 5.82 Å². The number of aromatic nitrogens is 5. The van der Waals surface area contributed by atoms with E-state index in [-0.39, 0.29) is 0 Å². The Morgan fingerprint density at radius 1 is 1.15 bits per heavy atom. The highest BCUT2D eigenvalue weighted by Crippen LogP contribution is 2.22. The van der Waals surface area contributed by atoms with Crippen molar-refractivity contribution in [2.45, 2.75) is 19.8 Å². The number of hydrogen-bond donors (Lipinski definition) is 0. The van der Waals surface area contributed by atoms with Crippen molar-refractivity contribution in [1.82, 2.24) is 24.1 Å². The summed E-state index contributed by atoms with van der Waals surface area (Å²) in [5, 5.41) is 4.37. The summed E-state index contributed by atoms with van der Waals surface area (Å²) >= 11 is 0. The van der Waals surface area contributed by atoms with Crippen molar-refractivity contribution in [3.8, 4) is 5.82 Å². The minimum Gasteiger partial charge on any atom is -0.356 e. The summed E-state index contributed by atoms with van der Waals surface area (Å²) < 4.78 is 3.90. The van der Waals surface area contributed by atoms with Gasteiger partial charge in [-0.1, -0.05) is 0 Å². The number of rotatable bonds is 2. The van der Waals surface area contributed by atoms with Gasteiger partial charge >= 0.3 is 0 Å². The van der Waals surface area contributed by atoms with E-state index in [9.17, 15) is 0 Å². The molecule has 0 spiro atoms. The lowest BCUT2D eigenvalue weighted by molar-refractivity contribution is 0.822. The van der Waals surface area contributed by atoms with E-state index in [1.807, 2.05) is 28.3 Å². The summed E-state index contributed by atoms with van der Waals surface area (Å²) in [5.41, 5.74) is 0.873. The lowest BCUT2D eigenvalue weighted by Gasteiger charge is -2.18. The largest absolute Gasteiger partial charge is 0.356 e. The van der Waals surface area contributed by atoms with E-state index in [2.05, 4.69) is 21.0 Å². The fraction of sp³-hybridized carbons (Fsp3) is 0.357. The van der Waals surface area contributed by atoms with Gasteiger partial charge in [0.25, 0.3) is 0 Å².